The van der Waals surface area contributed by atoms with Crippen molar-refractivity contribution in [1.82, 2.24) is 29.1 Å². The topological polar surface area (TPSA) is 74.6 Å². The maximum absolute atomic E-state index is 6.52. The zero-order valence-electron chi connectivity index (χ0n) is 34.6. The molecule has 0 N–H and O–H groups in total. The SMILES string of the molecule is Cc1ccc2c(n1)c1cc(-c3cccc(-c4cccnc4)c3)ccc1n2-c1ccc2oc3ccc(-n4c5ccc(-c6cccc(-c7cccnc7)c6)cc5c5ncccc54)cc3c2c1. The first-order valence-electron chi connectivity index (χ1n) is 21.4. The van der Waals surface area contributed by atoms with E-state index in [0.29, 0.717) is 0 Å². The molecule has 0 aliphatic rings. The van der Waals surface area contributed by atoms with Crippen molar-refractivity contribution in [2.45, 2.75) is 6.92 Å². The van der Waals surface area contributed by atoms with Crippen LogP contribution < -0.4 is 0 Å². The lowest BCUT2D eigenvalue weighted by molar-refractivity contribution is 0.669. The molecule has 13 aromatic rings. The number of hydrogen-bond acceptors (Lipinski definition) is 5. The molecular formula is C57H36N6O. The Bertz CT molecular complexity index is 3980. The summed E-state index contributed by atoms with van der Waals surface area (Å²) in [6, 6.07) is 60.3. The van der Waals surface area contributed by atoms with Gasteiger partial charge in [-0.2, -0.15) is 0 Å². The highest BCUT2D eigenvalue weighted by Crippen LogP contribution is 2.40. The van der Waals surface area contributed by atoms with Crippen molar-refractivity contribution in [1.29, 1.82) is 0 Å². The van der Waals surface area contributed by atoms with Crippen molar-refractivity contribution in [2.24, 2.45) is 0 Å². The minimum absolute atomic E-state index is 0.836. The van der Waals surface area contributed by atoms with Gasteiger partial charge in [0.2, 0.25) is 0 Å². The normalized spacial score (nSPS) is 11.8. The second-order valence-electron chi connectivity index (χ2n) is 16.4. The standard InChI is InChI=1S/C57H36N6O/c1-35-14-19-53-57(61-35)49-30-41(37-8-3-10-39(28-37)43-12-5-25-59-34-43)16-21-51(49)63(53)45-18-23-55-47(32-45)46-31-44(17-22-54(46)64-55)62-50-20-15-40(29-48(50)56-52(62)13-6-26-60-56)36-7-2-9-38(27-36)42-11-4-24-58-33-42/h2-34H,1H3. The van der Waals surface area contributed by atoms with Gasteiger partial charge in [0.15, 0.2) is 0 Å². The number of benzene rings is 6. The number of rotatable bonds is 6. The number of furan rings is 1. The Morgan fingerprint density at radius 1 is 0.375 bits per heavy atom. The van der Waals surface area contributed by atoms with Crippen molar-refractivity contribution < 1.29 is 4.42 Å². The van der Waals surface area contributed by atoms with Crippen LogP contribution in [0.3, 0.4) is 0 Å². The lowest BCUT2D eigenvalue weighted by Gasteiger charge is -2.10. The van der Waals surface area contributed by atoms with Crippen LogP contribution in [0.1, 0.15) is 5.69 Å². The second-order valence-corrected chi connectivity index (χ2v) is 16.4. The fourth-order valence-electron chi connectivity index (χ4n) is 9.58. The van der Waals surface area contributed by atoms with Crippen LogP contribution in [0.5, 0.6) is 0 Å². The van der Waals surface area contributed by atoms with Crippen LogP contribution in [-0.4, -0.2) is 29.1 Å². The molecule has 0 atom stereocenters. The van der Waals surface area contributed by atoms with Crippen LogP contribution in [0.4, 0.5) is 0 Å². The molecule has 13 rings (SSSR count). The van der Waals surface area contributed by atoms with Crippen LogP contribution in [0.2, 0.25) is 0 Å². The van der Waals surface area contributed by atoms with Crippen LogP contribution in [0, 0.1) is 6.92 Å². The van der Waals surface area contributed by atoms with E-state index >= 15 is 0 Å². The maximum atomic E-state index is 6.52. The molecule has 0 fully saturated rings. The first-order chi connectivity index (χ1) is 31.6. The van der Waals surface area contributed by atoms with Gasteiger partial charge < -0.3 is 13.6 Å². The number of fused-ring (bicyclic) bond motifs is 9. The van der Waals surface area contributed by atoms with Crippen molar-refractivity contribution in [3.8, 4) is 55.9 Å². The average molecular weight is 821 g/mol. The predicted octanol–water partition coefficient (Wildman–Crippen LogP) is 14.3. The Labute approximate surface area is 367 Å². The Balaban J connectivity index is 0.935. The number of nitrogens with zero attached hydrogens (tertiary/aromatic N) is 6. The second kappa shape index (κ2) is 14.2. The summed E-state index contributed by atoms with van der Waals surface area (Å²) < 4.78 is 11.2. The van der Waals surface area contributed by atoms with Crippen LogP contribution in [-0.2, 0) is 0 Å². The molecule has 0 aliphatic heterocycles. The highest BCUT2D eigenvalue weighted by molar-refractivity contribution is 6.12. The van der Waals surface area contributed by atoms with Crippen LogP contribution in [0.25, 0.3) is 122 Å². The third-order valence-electron chi connectivity index (χ3n) is 12.6. The summed E-state index contributed by atoms with van der Waals surface area (Å²) >= 11 is 0. The Hall–Kier alpha value is -8.68. The molecule has 0 aliphatic carbocycles. The zero-order valence-corrected chi connectivity index (χ0v) is 34.6. The van der Waals surface area contributed by atoms with E-state index in [2.05, 4.69) is 178 Å². The number of hydrogen-bond donors (Lipinski definition) is 0. The van der Waals surface area contributed by atoms with E-state index in [1.165, 1.54) is 0 Å². The predicted molar refractivity (Wildman–Crippen MR) is 260 cm³/mol. The Kier molecular flexibility index (Phi) is 7.99. The van der Waals surface area contributed by atoms with E-state index in [4.69, 9.17) is 14.4 Å². The number of aromatic nitrogens is 6. The summed E-state index contributed by atoms with van der Waals surface area (Å²) in [5, 5.41) is 4.29. The third-order valence-corrected chi connectivity index (χ3v) is 12.6. The molecule has 0 amide bonds. The summed E-state index contributed by atoms with van der Waals surface area (Å²) in [6.07, 6.45) is 9.31. The molecule has 0 saturated carbocycles. The molecule has 7 nitrogen and oxygen atoms in total. The molecule has 0 unspecified atom stereocenters. The number of pyridine rings is 4. The molecule has 0 radical (unpaired) electrons. The summed E-state index contributed by atoms with van der Waals surface area (Å²) in [7, 11) is 0. The molecule has 7 aromatic heterocycles. The molecule has 0 saturated heterocycles. The van der Waals surface area contributed by atoms with Crippen LogP contribution in [0.15, 0.2) is 205 Å². The first kappa shape index (κ1) is 36.0. The van der Waals surface area contributed by atoms with Gasteiger partial charge in [0.25, 0.3) is 0 Å². The fraction of sp³-hybridized carbons (Fsp3) is 0.0175. The van der Waals surface area contributed by atoms with Gasteiger partial charge in [-0.15, -0.1) is 0 Å². The quantitative estimate of drug-likeness (QED) is 0.167. The van der Waals surface area contributed by atoms with Crippen molar-refractivity contribution in [2.75, 3.05) is 0 Å². The van der Waals surface area contributed by atoms with Gasteiger partial charge in [0.05, 0.1) is 33.1 Å². The summed E-state index contributed by atoms with van der Waals surface area (Å²) in [6.45, 7) is 2.06. The molecule has 7 heteroatoms. The Morgan fingerprint density at radius 3 is 1.42 bits per heavy atom. The van der Waals surface area contributed by atoms with Crippen molar-refractivity contribution >= 4 is 65.8 Å². The van der Waals surface area contributed by atoms with E-state index < -0.39 is 0 Å². The maximum Gasteiger partial charge on any atom is 0.135 e. The minimum Gasteiger partial charge on any atom is -0.456 e. The molecule has 6 aromatic carbocycles. The smallest absolute Gasteiger partial charge is 0.135 e. The van der Waals surface area contributed by atoms with E-state index in [1.54, 1.807) is 6.20 Å². The zero-order chi connectivity index (χ0) is 42.3. The molecular weight excluding hydrogens is 785 g/mol. The van der Waals surface area contributed by atoms with E-state index in [1.807, 2.05) is 43.0 Å². The fourth-order valence-corrected chi connectivity index (χ4v) is 9.58. The van der Waals surface area contributed by atoms with E-state index in [-0.39, 0.29) is 0 Å². The van der Waals surface area contributed by atoms with E-state index in [0.717, 1.165) is 127 Å². The monoisotopic (exact) mass is 820 g/mol. The lowest BCUT2D eigenvalue weighted by atomic mass is 9.99. The highest BCUT2D eigenvalue weighted by Gasteiger charge is 2.19. The van der Waals surface area contributed by atoms with Gasteiger partial charge in [-0.05, 0) is 149 Å². The van der Waals surface area contributed by atoms with Gasteiger partial charge >= 0.3 is 0 Å². The Morgan fingerprint density at radius 2 is 0.859 bits per heavy atom. The lowest BCUT2D eigenvalue weighted by Crippen LogP contribution is -1.94. The highest BCUT2D eigenvalue weighted by atomic mass is 16.3. The van der Waals surface area contributed by atoms with Crippen molar-refractivity contribution in [3.63, 3.8) is 0 Å². The van der Waals surface area contributed by atoms with E-state index in [9.17, 15) is 0 Å². The molecule has 0 bridgehead atoms. The third kappa shape index (κ3) is 5.75. The van der Waals surface area contributed by atoms with Crippen LogP contribution >= 0.6 is 0 Å². The molecule has 64 heavy (non-hydrogen) atoms. The molecule has 300 valence electrons. The van der Waals surface area contributed by atoms with Gasteiger partial charge in [0.1, 0.15) is 11.2 Å². The van der Waals surface area contributed by atoms with Crippen molar-refractivity contribution in [3.05, 3.63) is 207 Å². The summed E-state index contributed by atoms with van der Waals surface area (Å²) in [5.74, 6) is 0. The first-order valence-corrected chi connectivity index (χ1v) is 21.4. The average Bonchev–Trinajstić information content (AvgIpc) is 4.01. The van der Waals surface area contributed by atoms with Gasteiger partial charge in [0, 0.05) is 80.7 Å². The van der Waals surface area contributed by atoms with Gasteiger partial charge in [-0.25, -0.2) is 0 Å². The van der Waals surface area contributed by atoms with Gasteiger partial charge in [-0.3, -0.25) is 19.9 Å². The summed E-state index contributed by atoms with van der Waals surface area (Å²) in [4.78, 5) is 18.7. The number of aryl methyl sites for hydroxylation is 1. The summed E-state index contributed by atoms with van der Waals surface area (Å²) in [5.41, 5.74) is 19.9. The van der Waals surface area contributed by atoms with Gasteiger partial charge in [-0.1, -0.05) is 60.7 Å². The minimum atomic E-state index is 0.836. The largest absolute Gasteiger partial charge is 0.456 e. The molecule has 0 spiro atoms. The molecule has 7 heterocycles.